The molecule has 0 bridgehead atoms. The summed E-state index contributed by atoms with van der Waals surface area (Å²) < 4.78 is 5.42. The van der Waals surface area contributed by atoms with Crippen LogP contribution in [0.15, 0.2) is 24.3 Å². The molecular formula is C17H30N2O. The third-order valence-electron chi connectivity index (χ3n) is 3.91. The number of likely N-dealkylation sites (N-methyl/N-ethyl adjacent to an activating group) is 1. The van der Waals surface area contributed by atoms with E-state index < -0.39 is 0 Å². The van der Waals surface area contributed by atoms with Crippen LogP contribution < -0.4 is 10.5 Å². The number of benzene rings is 1. The molecule has 0 saturated heterocycles. The molecule has 0 aliphatic heterocycles. The van der Waals surface area contributed by atoms with Gasteiger partial charge in [0.2, 0.25) is 0 Å². The van der Waals surface area contributed by atoms with Crippen LogP contribution in [-0.4, -0.2) is 37.7 Å². The number of ether oxygens (including phenoxy) is 1. The molecule has 20 heavy (non-hydrogen) atoms. The minimum Gasteiger partial charge on any atom is -0.496 e. The van der Waals surface area contributed by atoms with E-state index in [4.69, 9.17) is 10.5 Å². The van der Waals surface area contributed by atoms with Crippen LogP contribution in [0.25, 0.3) is 0 Å². The highest BCUT2D eigenvalue weighted by molar-refractivity contribution is 5.33. The van der Waals surface area contributed by atoms with Crippen molar-refractivity contribution in [3.8, 4) is 5.75 Å². The second-order valence-corrected chi connectivity index (χ2v) is 5.71. The predicted octanol–water partition coefficient (Wildman–Crippen LogP) is 3.08. The Labute approximate surface area is 124 Å². The van der Waals surface area contributed by atoms with E-state index in [0.717, 1.165) is 25.1 Å². The maximum Gasteiger partial charge on any atom is 0.122 e. The molecule has 3 heteroatoms. The summed E-state index contributed by atoms with van der Waals surface area (Å²) in [6.07, 6.45) is 4.54. The largest absolute Gasteiger partial charge is 0.496 e. The number of hydrogen-bond donors (Lipinski definition) is 1. The third kappa shape index (κ3) is 5.51. The summed E-state index contributed by atoms with van der Waals surface area (Å²) in [4.78, 5) is 2.35. The molecule has 0 radical (unpaired) electrons. The van der Waals surface area contributed by atoms with Crippen LogP contribution in [0.2, 0.25) is 0 Å². The highest BCUT2D eigenvalue weighted by Crippen LogP contribution is 2.20. The molecule has 2 unspecified atom stereocenters. The number of rotatable bonds is 9. The SMILES string of the molecule is CCCCC(N)CN(C)C(C)Cc1ccccc1OC. The van der Waals surface area contributed by atoms with Crippen molar-refractivity contribution >= 4 is 0 Å². The van der Waals surface area contributed by atoms with Gasteiger partial charge in [-0.1, -0.05) is 38.0 Å². The molecule has 0 aliphatic carbocycles. The molecule has 0 heterocycles. The number of hydrogen-bond acceptors (Lipinski definition) is 3. The van der Waals surface area contributed by atoms with Crippen molar-refractivity contribution in [2.75, 3.05) is 20.7 Å². The summed E-state index contributed by atoms with van der Waals surface area (Å²) in [5, 5.41) is 0. The molecule has 0 fully saturated rings. The number of nitrogens with zero attached hydrogens (tertiary/aromatic N) is 1. The first-order valence-corrected chi connectivity index (χ1v) is 7.66. The molecule has 0 saturated carbocycles. The minimum atomic E-state index is 0.278. The van der Waals surface area contributed by atoms with Gasteiger partial charge in [-0.15, -0.1) is 0 Å². The highest BCUT2D eigenvalue weighted by Gasteiger charge is 2.15. The summed E-state index contributed by atoms with van der Waals surface area (Å²) in [6.45, 7) is 5.41. The van der Waals surface area contributed by atoms with Crippen molar-refractivity contribution in [1.29, 1.82) is 0 Å². The van der Waals surface area contributed by atoms with Gasteiger partial charge in [0.15, 0.2) is 0 Å². The molecule has 2 atom stereocenters. The summed E-state index contributed by atoms with van der Waals surface area (Å²) >= 11 is 0. The number of para-hydroxylation sites is 1. The number of unbranched alkanes of at least 4 members (excludes halogenated alkanes) is 1. The van der Waals surface area contributed by atoms with Gasteiger partial charge >= 0.3 is 0 Å². The zero-order valence-corrected chi connectivity index (χ0v) is 13.4. The van der Waals surface area contributed by atoms with Crippen LogP contribution in [0, 0.1) is 0 Å². The topological polar surface area (TPSA) is 38.5 Å². The second kappa shape index (κ2) is 8.98. The van der Waals surface area contributed by atoms with E-state index in [1.807, 2.05) is 12.1 Å². The van der Waals surface area contributed by atoms with Gasteiger partial charge in [-0.3, -0.25) is 0 Å². The van der Waals surface area contributed by atoms with Crippen LogP contribution in [0.3, 0.4) is 0 Å². The van der Waals surface area contributed by atoms with E-state index in [-0.39, 0.29) is 6.04 Å². The van der Waals surface area contributed by atoms with Gasteiger partial charge in [-0.2, -0.15) is 0 Å². The van der Waals surface area contributed by atoms with Crippen molar-refractivity contribution in [2.24, 2.45) is 5.73 Å². The van der Waals surface area contributed by atoms with Crippen LogP contribution in [0.4, 0.5) is 0 Å². The molecule has 0 aliphatic rings. The van der Waals surface area contributed by atoms with E-state index in [1.54, 1.807) is 7.11 Å². The second-order valence-electron chi connectivity index (χ2n) is 5.71. The van der Waals surface area contributed by atoms with Crippen molar-refractivity contribution < 1.29 is 4.74 Å². The minimum absolute atomic E-state index is 0.278. The molecule has 3 nitrogen and oxygen atoms in total. The molecule has 0 amide bonds. The lowest BCUT2D eigenvalue weighted by Crippen LogP contribution is -2.40. The molecule has 0 aromatic heterocycles. The third-order valence-corrected chi connectivity index (χ3v) is 3.91. The Morgan fingerprint density at radius 3 is 2.65 bits per heavy atom. The zero-order chi connectivity index (χ0) is 15.0. The number of methoxy groups -OCH3 is 1. The van der Waals surface area contributed by atoms with Gasteiger partial charge in [-0.25, -0.2) is 0 Å². The lowest BCUT2D eigenvalue weighted by Gasteiger charge is -2.28. The lowest BCUT2D eigenvalue weighted by atomic mass is 10.0. The van der Waals surface area contributed by atoms with E-state index >= 15 is 0 Å². The first-order valence-electron chi connectivity index (χ1n) is 7.66. The Hall–Kier alpha value is -1.06. The van der Waals surface area contributed by atoms with Gasteiger partial charge in [0.1, 0.15) is 5.75 Å². The average Bonchev–Trinajstić information content (AvgIpc) is 2.45. The fourth-order valence-electron chi connectivity index (χ4n) is 2.45. The Morgan fingerprint density at radius 1 is 1.30 bits per heavy atom. The van der Waals surface area contributed by atoms with E-state index in [9.17, 15) is 0 Å². The quantitative estimate of drug-likeness (QED) is 0.754. The normalized spacial score (nSPS) is 14.3. The molecule has 1 aromatic carbocycles. The van der Waals surface area contributed by atoms with Gasteiger partial charge < -0.3 is 15.4 Å². The van der Waals surface area contributed by atoms with Crippen LogP contribution in [0.1, 0.15) is 38.7 Å². The van der Waals surface area contributed by atoms with Gasteiger partial charge in [0, 0.05) is 18.6 Å². The van der Waals surface area contributed by atoms with E-state index in [2.05, 4.69) is 37.9 Å². The lowest BCUT2D eigenvalue weighted by molar-refractivity contribution is 0.235. The van der Waals surface area contributed by atoms with Crippen LogP contribution in [0.5, 0.6) is 5.75 Å². The van der Waals surface area contributed by atoms with Crippen molar-refractivity contribution in [2.45, 2.75) is 51.6 Å². The standard InChI is InChI=1S/C17H30N2O/c1-5-6-10-16(18)13-19(3)14(2)12-15-9-7-8-11-17(15)20-4/h7-9,11,14,16H,5-6,10,12-13,18H2,1-4H3. The summed E-state index contributed by atoms with van der Waals surface area (Å²) in [5.74, 6) is 0.975. The Morgan fingerprint density at radius 2 is 2.00 bits per heavy atom. The molecule has 2 N–H and O–H groups in total. The molecule has 1 aromatic rings. The first kappa shape index (κ1) is 17.0. The maximum absolute atomic E-state index is 6.18. The molecule has 1 rings (SSSR count). The van der Waals surface area contributed by atoms with Gasteiger partial charge in [0.25, 0.3) is 0 Å². The van der Waals surface area contributed by atoms with Crippen LogP contribution >= 0.6 is 0 Å². The first-order chi connectivity index (χ1) is 9.58. The Bertz CT molecular complexity index is 381. The highest BCUT2D eigenvalue weighted by atomic mass is 16.5. The monoisotopic (exact) mass is 278 g/mol. The average molecular weight is 278 g/mol. The van der Waals surface area contributed by atoms with Crippen molar-refractivity contribution in [3.05, 3.63) is 29.8 Å². The molecular weight excluding hydrogens is 248 g/mol. The predicted molar refractivity (Wildman–Crippen MR) is 86.3 cm³/mol. The Kier molecular flexibility index (Phi) is 7.63. The molecule has 114 valence electrons. The molecule has 0 spiro atoms. The Balaban J connectivity index is 2.50. The zero-order valence-electron chi connectivity index (χ0n) is 13.4. The summed E-state index contributed by atoms with van der Waals surface area (Å²) in [6, 6.07) is 8.98. The van der Waals surface area contributed by atoms with Gasteiger partial charge in [0.05, 0.1) is 7.11 Å². The fourth-order valence-corrected chi connectivity index (χ4v) is 2.45. The fraction of sp³-hybridized carbons (Fsp3) is 0.647. The maximum atomic E-state index is 6.18. The van der Waals surface area contributed by atoms with Crippen LogP contribution in [-0.2, 0) is 6.42 Å². The van der Waals surface area contributed by atoms with E-state index in [0.29, 0.717) is 6.04 Å². The summed E-state index contributed by atoms with van der Waals surface area (Å²) in [7, 11) is 3.89. The number of nitrogens with two attached hydrogens (primary N) is 1. The van der Waals surface area contributed by atoms with Crippen molar-refractivity contribution in [3.63, 3.8) is 0 Å². The smallest absolute Gasteiger partial charge is 0.122 e. The van der Waals surface area contributed by atoms with Gasteiger partial charge in [-0.05, 0) is 38.4 Å². The summed E-state index contributed by atoms with van der Waals surface area (Å²) in [5.41, 5.74) is 7.44. The van der Waals surface area contributed by atoms with Crippen molar-refractivity contribution in [1.82, 2.24) is 4.90 Å². The van der Waals surface area contributed by atoms with E-state index in [1.165, 1.54) is 18.4 Å².